The summed E-state index contributed by atoms with van der Waals surface area (Å²) in [6.45, 7) is 4.41. The van der Waals surface area contributed by atoms with Crippen molar-refractivity contribution in [2.45, 2.75) is 11.7 Å². The number of thiophene rings is 1. The molecule has 152 valence electrons. The lowest BCUT2D eigenvalue weighted by Gasteiger charge is -2.34. The Balaban J connectivity index is 1.29. The first-order chi connectivity index (χ1) is 14.2. The van der Waals surface area contributed by atoms with E-state index in [2.05, 4.69) is 27.4 Å². The predicted molar refractivity (Wildman–Crippen MR) is 117 cm³/mol. The van der Waals surface area contributed by atoms with E-state index >= 15 is 0 Å². The standard InChI is InChI=1S/C21H24N4O2S2/c1-27-18-6-4-17(5-7-18)25-9-8-22-21(25)29-16-20(26)24-12-10-23(11-13-24)15-19-3-2-14-28-19/h2-9,14H,10-13,15-16H2,1H3. The molecule has 2 aromatic heterocycles. The van der Waals surface area contributed by atoms with Crippen LogP contribution in [0.15, 0.2) is 59.3 Å². The number of hydrogen-bond donors (Lipinski definition) is 0. The summed E-state index contributed by atoms with van der Waals surface area (Å²) in [5.74, 6) is 1.39. The Morgan fingerprint density at radius 2 is 1.97 bits per heavy atom. The van der Waals surface area contributed by atoms with Crippen molar-refractivity contribution in [3.63, 3.8) is 0 Å². The summed E-state index contributed by atoms with van der Waals surface area (Å²) >= 11 is 3.27. The number of nitrogens with zero attached hydrogens (tertiary/aromatic N) is 4. The number of carbonyl (C=O) groups excluding carboxylic acids is 1. The molecule has 0 aliphatic carbocycles. The highest BCUT2D eigenvalue weighted by atomic mass is 32.2. The lowest BCUT2D eigenvalue weighted by atomic mass is 10.3. The zero-order valence-electron chi connectivity index (χ0n) is 16.4. The fourth-order valence-electron chi connectivity index (χ4n) is 3.33. The van der Waals surface area contributed by atoms with Gasteiger partial charge < -0.3 is 9.64 Å². The number of benzene rings is 1. The quantitative estimate of drug-likeness (QED) is 0.540. The van der Waals surface area contributed by atoms with Crippen LogP contribution >= 0.6 is 23.1 Å². The summed E-state index contributed by atoms with van der Waals surface area (Å²) in [6.07, 6.45) is 3.68. The number of amides is 1. The van der Waals surface area contributed by atoms with Crippen molar-refractivity contribution in [2.75, 3.05) is 39.0 Å². The first-order valence-corrected chi connectivity index (χ1v) is 11.4. The third kappa shape index (κ3) is 5.01. The van der Waals surface area contributed by atoms with E-state index in [1.54, 1.807) is 24.6 Å². The van der Waals surface area contributed by atoms with Gasteiger partial charge >= 0.3 is 0 Å². The van der Waals surface area contributed by atoms with Crippen molar-refractivity contribution >= 4 is 29.0 Å². The molecule has 4 rings (SSSR count). The Morgan fingerprint density at radius 1 is 1.17 bits per heavy atom. The van der Waals surface area contributed by atoms with Crippen molar-refractivity contribution in [1.82, 2.24) is 19.4 Å². The first-order valence-electron chi connectivity index (χ1n) is 9.56. The number of imidazole rings is 1. The van der Waals surface area contributed by atoms with Crippen LogP contribution in [-0.4, -0.2) is 64.3 Å². The Labute approximate surface area is 179 Å². The number of hydrogen-bond acceptors (Lipinski definition) is 6. The maximum absolute atomic E-state index is 12.7. The van der Waals surface area contributed by atoms with Gasteiger partial charge in [0.05, 0.1) is 12.9 Å². The van der Waals surface area contributed by atoms with Gasteiger partial charge in [-0.1, -0.05) is 17.8 Å². The fourth-order valence-corrected chi connectivity index (χ4v) is 4.95. The number of rotatable bonds is 7. The third-order valence-electron chi connectivity index (χ3n) is 4.97. The van der Waals surface area contributed by atoms with E-state index in [0.717, 1.165) is 49.3 Å². The minimum atomic E-state index is 0.176. The highest BCUT2D eigenvalue weighted by Gasteiger charge is 2.22. The van der Waals surface area contributed by atoms with E-state index in [-0.39, 0.29) is 5.91 Å². The van der Waals surface area contributed by atoms with Gasteiger partial charge in [0.15, 0.2) is 5.16 Å². The van der Waals surface area contributed by atoms with Crippen molar-refractivity contribution < 1.29 is 9.53 Å². The van der Waals surface area contributed by atoms with Crippen molar-refractivity contribution in [3.05, 3.63) is 59.0 Å². The Kier molecular flexibility index (Phi) is 6.53. The fraction of sp³-hybridized carbons (Fsp3) is 0.333. The number of methoxy groups -OCH3 is 1. The molecule has 3 heterocycles. The Bertz CT molecular complexity index is 917. The number of piperazine rings is 1. The molecule has 0 N–H and O–H groups in total. The molecule has 6 nitrogen and oxygen atoms in total. The van der Waals surface area contributed by atoms with Crippen LogP contribution in [-0.2, 0) is 11.3 Å². The molecule has 0 spiro atoms. The average Bonchev–Trinajstić information content (AvgIpc) is 3.44. The minimum absolute atomic E-state index is 0.176. The molecule has 1 aromatic carbocycles. The second-order valence-corrected chi connectivity index (χ2v) is 8.78. The summed E-state index contributed by atoms with van der Waals surface area (Å²) in [7, 11) is 1.65. The molecule has 1 amide bonds. The maximum Gasteiger partial charge on any atom is 0.233 e. The molecular formula is C21H24N4O2S2. The molecule has 1 fully saturated rings. The molecule has 8 heteroatoms. The van der Waals surface area contributed by atoms with Crippen LogP contribution in [0.2, 0.25) is 0 Å². The summed E-state index contributed by atoms with van der Waals surface area (Å²) in [5, 5.41) is 2.93. The molecular weight excluding hydrogens is 404 g/mol. The van der Waals surface area contributed by atoms with Gasteiger partial charge in [0.1, 0.15) is 5.75 Å². The number of aromatic nitrogens is 2. The summed E-state index contributed by atoms with van der Waals surface area (Å²) in [6, 6.07) is 12.1. The van der Waals surface area contributed by atoms with E-state index in [9.17, 15) is 4.79 Å². The summed E-state index contributed by atoms with van der Waals surface area (Å²) in [4.78, 5) is 22.9. The van der Waals surface area contributed by atoms with Gasteiger partial charge in [-0.25, -0.2) is 4.98 Å². The SMILES string of the molecule is COc1ccc(-n2ccnc2SCC(=O)N2CCN(Cc3cccs3)CC2)cc1. The number of thioether (sulfide) groups is 1. The molecule has 0 radical (unpaired) electrons. The van der Waals surface area contributed by atoms with Crippen LogP contribution in [0.25, 0.3) is 5.69 Å². The normalized spacial score (nSPS) is 14.9. The van der Waals surface area contributed by atoms with Crippen LogP contribution in [0.4, 0.5) is 0 Å². The van der Waals surface area contributed by atoms with Crippen molar-refractivity contribution in [2.24, 2.45) is 0 Å². The van der Waals surface area contributed by atoms with Gasteiger partial charge in [0, 0.05) is 55.7 Å². The molecule has 3 aromatic rings. The van der Waals surface area contributed by atoms with Crippen LogP contribution in [0, 0.1) is 0 Å². The highest BCUT2D eigenvalue weighted by molar-refractivity contribution is 7.99. The molecule has 1 aliphatic rings. The van der Waals surface area contributed by atoms with Gasteiger partial charge in [0.2, 0.25) is 5.91 Å². The van der Waals surface area contributed by atoms with Gasteiger partial charge in [-0.3, -0.25) is 14.3 Å². The zero-order valence-corrected chi connectivity index (χ0v) is 18.0. The molecule has 0 bridgehead atoms. The van der Waals surface area contributed by atoms with Crippen LogP contribution in [0.3, 0.4) is 0 Å². The Hall–Kier alpha value is -2.29. The van der Waals surface area contributed by atoms with Crippen molar-refractivity contribution in [3.8, 4) is 11.4 Å². The molecule has 0 unspecified atom stereocenters. The van der Waals surface area contributed by atoms with Crippen LogP contribution < -0.4 is 4.74 Å². The number of carbonyl (C=O) groups is 1. The van der Waals surface area contributed by atoms with Gasteiger partial charge in [-0.2, -0.15) is 0 Å². The van der Waals surface area contributed by atoms with E-state index < -0.39 is 0 Å². The second-order valence-electron chi connectivity index (χ2n) is 6.80. The van der Waals surface area contributed by atoms with Gasteiger partial charge in [-0.05, 0) is 35.7 Å². The zero-order chi connectivity index (χ0) is 20.1. The smallest absolute Gasteiger partial charge is 0.233 e. The predicted octanol–water partition coefficient (Wildman–Crippen LogP) is 3.38. The molecule has 1 saturated heterocycles. The largest absolute Gasteiger partial charge is 0.497 e. The molecule has 1 aliphatic heterocycles. The monoisotopic (exact) mass is 428 g/mol. The van der Waals surface area contributed by atoms with E-state index in [0.29, 0.717) is 5.75 Å². The average molecular weight is 429 g/mol. The van der Waals surface area contributed by atoms with Gasteiger partial charge in [0.25, 0.3) is 0 Å². The second kappa shape index (κ2) is 9.47. The highest BCUT2D eigenvalue weighted by Crippen LogP contribution is 2.23. The lowest BCUT2D eigenvalue weighted by Crippen LogP contribution is -2.48. The minimum Gasteiger partial charge on any atom is -0.497 e. The molecule has 0 saturated carbocycles. The Morgan fingerprint density at radius 3 is 2.66 bits per heavy atom. The maximum atomic E-state index is 12.7. The number of ether oxygens (including phenoxy) is 1. The molecule has 29 heavy (non-hydrogen) atoms. The van der Waals surface area contributed by atoms with E-state index in [4.69, 9.17) is 4.74 Å². The van der Waals surface area contributed by atoms with Crippen molar-refractivity contribution in [1.29, 1.82) is 0 Å². The first kappa shape index (κ1) is 20.0. The van der Waals surface area contributed by atoms with Crippen LogP contribution in [0.1, 0.15) is 4.88 Å². The van der Waals surface area contributed by atoms with E-state index in [1.807, 2.05) is 39.9 Å². The molecule has 0 atom stereocenters. The third-order valence-corrected chi connectivity index (χ3v) is 6.78. The van der Waals surface area contributed by atoms with E-state index in [1.165, 1.54) is 16.6 Å². The summed E-state index contributed by atoms with van der Waals surface area (Å²) in [5.41, 5.74) is 1.00. The van der Waals surface area contributed by atoms with Gasteiger partial charge in [-0.15, -0.1) is 11.3 Å². The summed E-state index contributed by atoms with van der Waals surface area (Å²) < 4.78 is 7.21. The lowest BCUT2D eigenvalue weighted by molar-refractivity contribution is -0.130. The topological polar surface area (TPSA) is 50.6 Å². The van der Waals surface area contributed by atoms with Crippen LogP contribution in [0.5, 0.6) is 5.75 Å².